The van der Waals surface area contributed by atoms with Crippen LogP contribution in [0.5, 0.6) is 0 Å². The summed E-state index contributed by atoms with van der Waals surface area (Å²) in [5.41, 5.74) is 2.00. The number of thioether (sulfide) groups is 1. The van der Waals surface area contributed by atoms with Crippen LogP contribution in [-0.2, 0) is 20.9 Å². The largest absolute Gasteiger partial charge is 0.481 e. The van der Waals surface area contributed by atoms with Crippen molar-refractivity contribution in [1.82, 2.24) is 14.7 Å². The molecule has 2 atom stereocenters. The first-order valence-electron chi connectivity index (χ1n) is 11.5. The third-order valence-corrected chi connectivity index (χ3v) is 7.30. The van der Waals surface area contributed by atoms with E-state index in [2.05, 4.69) is 5.10 Å². The number of carbonyl (C=O) groups is 3. The van der Waals surface area contributed by atoms with Gasteiger partial charge in [-0.1, -0.05) is 30.0 Å². The van der Waals surface area contributed by atoms with Gasteiger partial charge in [-0.2, -0.15) is 5.10 Å². The van der Waals surface area contributed by atoms with E-state index in [0.29, 0.717) is 30.8 Å². The van der Waals surface area contributed by atoms with Gasteiger partial charge in [-0.3, -0.25) is 24.0 Å². The summed E-state index contributed by atoms with van der Waals surface area (Å²) < 4.78 is 16.3. The maximum absolute atomic E-state index is 14.8. The fourth-order valence-electron chi connectivity index (χ4n) is 4.37. The van der Waals surface area contributed by atoms with Crippen LogP contribution in [0, 0.1) is 11.7 Å². The first kappa shape index (κ1) is 27.1. The summed E-state index contributed by atoms with van der Waals surface area (Å²) in [7, 11) is 0. The van der Waals surface area contributed by atoms with Gasteiger partial charge in [-0.15, -0.1) is 12.4 Å². The second kappa shape index (κ2) is 12.0. The number of benzene rings is 1. The Balaban J connectivity index is 0.00000342. The van der Waals surface area contributed by atoms with E-state index >= 15 is 0 Å². The van der Waals surface area contributed by atoms with E-state index in [0.717, 1.165) is 18.4 Å². The lowest BCUT2D eigenvalue weighted by molar-refractivity contribution is -0.137. The topological polar surface area (TPSA) is 92.5 Å². The molecule has 2 unspecified atom stereocenters. The molecule has 1 aromatic heterocycles. The Kier molecular flexibility index (Phi) is 9.27. The van der Waals surface area contributed by atoms with Gasteiger partial charge in [0, 0.05) is 42.9 Å². The number of halogens is 2. The molecule has 0 bridgehead atoms. The fourth-order valence-corrected chi connectivity index (χ4v) is 5.29. The molecule has 1 saturated carbocycles. The molecule has 1 aliphatic carbocycles. The lowest BCUT2D eigenvalue weighted by atomic mass is 9.93. The first-order chi connectivity index (χ1) is 16.3. The maximum atomic E-state index is 14.8. The Morgan fingerprint density at radius 2 is 1.97 bits per heavy atom. The summed E-state index contributed by atoms with van der Waals surface area (Å²) in [5, 5.41) is 13.3. The molecule has 0 amide bonds. The number of aryl methyl sites for hydroxylation is 1. The highest BCUT2D eigenvalue weighted by atomic mass is 35.5. The number of likely N-dealkylation sites (tertiary alicyclic amines) is 1. The van der Waals surface area contributed by atoms with Crippen LogP contribution in [0.15, 0.2) is 42.1 Å². The monoisotopic (exact) mass is 521 g/mol. The highest BCUT2D eigenvalue weighted by Gasteiger charge is 2.41. The lowest BCUT2D eigenvalue weighted by Crippen LogP contribution is -2.43. The Labute approximate surface area is 214 Å². The zero-order valence-electron chi connectivity index (χ0n) is 19.4. The molecule has 188 valence electrons. The zero-order valence-corrected chi connectivity index (χ0v) is 21.1. The van der Waals surface area contributed by atoms with Crippen molar-refractivity contribution in [3.8, 4) is 0 Å². The number of carboxylic acids is 1. The third-order valence-electron chi connectivity index (χ3n) is 6.15. The molecule has 2 fully saturated rings. The molecule has 0 radical (unpaired) electrons. The molecule has 2 aromatic rings. The Morgan fingerprint density at radius 1 is 1.23 bits per heavy atom. The summed E-state index contributed by atoms with van der Waals surface area (Å²) in [5.74, 6) is -1.24. The number of carboxylic acid groups (broad SMARTS) is 1. The van der Waals surface area contributed by atoms with Crippen molar-refractivity contribution in [2.75, 3.05) is 13.1 Å². The molecular weight excluding hydrogens is 493 g/mol. The Hall–Kier alpha value is -2.49. The van der Waals surface area contributed by atoms with Gasteiger partial charge >= 0.3 is 5.97 Å². The first-order valence-corrected chi connectivity index (χ1v) is 12.3. The summed E-state index contributed by atoms with van der Waals surface area (Å²) in [4.78, 5) is 38.0. The number of rotatable bonds is 9. The van der Waals surface area contributed by atoms with Crippen LogP contribution >= 0.6 is 24.2 Å². The quantitative estimate of drug-likeness (QED) is 0.523. The van der Waals surface area contributed by atoms with E-state index in [1.807, 2.05) is 11.0 Å². The van der Waals surface area contributed by atoms with Crippen LogP contribution in [0.4, 0.5) is 4.39 Å². The van der Waals surface area contributed by atoms with Crippen LogP contribution in [0.1, 0.15) is 49.9 Å². The van der Waals surface area contributed by atoms with Gasteiger partial charge in [0.1, 0.15) is 5.82 Å². The van der Waals surface area contributed by atoms with Gasteiger partial charge in [0.2, 0.25) is 0 Å². The average Bonchev–Trinajstić information content (AvgIpc) is 3.55. The number of Topliss-reactive ketones (excluding diaryl/α,β-unsaturated/α-hetero) is 1. The second-order valence-electron chi connectivity index (χ2n) is 8.82. The van der Waals surface area contributed by atoms with Crippen molar-refractivity contribution < 1.29 is 23.9 Å². The average molecular weight is 522 g/mol. The van der Waals surface area contributed by atoms with Gasteiger partial charge in [-0.25, -0.2) is 4.39 Å². The van der Waals surface area contributed by atoms with Crippen LogP contribution in [0.25, 0.3) is 6.08 Å². The van der Waals surface area contributed by atoms with E-state index in [-0.39, 0.29) is 53.3 Å². The highest BCUT2D eigenvalue weighted by Crippen LogP contribution is 2.40. The number of aliphatic carboxylic acids is 1. The molecule has 2 aliphatic rings. The van der Waals surface area contributed by atoms with Gasteiger partial charge in [0.05, 0.1) is 24.7 Å². The minimum atomic E-state index is -0.893. The van der Waals surface area contributed by atoms with Crippen molar-refractivity contribution >= 4 is 47.1 Å². The van der Waals surface area contributed by atoms with Gasteiger partial charge < -0.3 is 5.11 Å². The van der Waals surface area contributed by atoms with E-state index < -0.39 is 12.0 Å². The zero-order chi connectivity index (χ0) is 24.2. The van der Waals surface area contributed by atoms with Crippen LogP contribution in [0.3, 0.4) is 0 Å². The maximum Gasteiger partial charge on any atom is 0.305 e. The molecular formula is C25H29ClFN3O4S. The molecule has 1 N–H and O–H groups in total. The predicted molar refractivity (Wildman–Crippen MR) is 135 cm³/mol. The second-order valence-corrected chi connectivity index (χ2v) is 10.2. The molecule has 1 aromatic carbocycles. The SMILES string of the molecule is CC(=O)SC1CCN(C(C(=O)C2CC2)c2ccccc2F)CC1=Cc1ccn(CCC(=O)O)n1.Cl. The smallest absolute Gasteiger partial charge is 0.305 e. The van der Waals surface area contributed by atoms with Crippen molar-refractivity contribution in [3.05, 3.63) is 59.2 Å². The van der Waals surface area contributed by atoms with E-state index in [1.54, 1.807) is 35.1 Å². The molecule has 35 heavy (non-hydrogen) atoms. The van der Waals surface area contributed by atoms with E-state index in [4.69, 9.17) is 5.11 Å². The number of hydrogen-bond acceptors (Lipinski definition) is 6. The van der Waals surface area contributed by atoms with Crippen molar-refractivity contribution in [2.45, 2.75) is 50.4 Å². The summed E-state index contributed by atoms with van der Waals surface area (Å²) in [6, 6.07) is 7.59. The Bertz CT molecular complexity index is 1120. The third kappa shape index (κ3) is 7.02. The molecule has 10 heteroatoms. The summed E-state index contributed by atoms with van der Waals surface area (Å²) in [6.45, 7) is 2.80. The molecule has 4 rings (SSSR count). The number of piperidine rings is 1. The standard InChI is InChI=1S/C25H28FN3O4S.ClH/c1-16(30)34-22-9-11-28(15-18(22)14-19-8-12-29(27-19)13-10-23(31)32)24(25(33)17-6-7-17)20-4-2-3-5-21(20)26;/h2-5,8,12,14,17,22,24H,6-7,9-11,13,15H2,1H3,(H,31,32);1H. The number of carbonyl (C=O) groups excluding carboxylic acids is 2. The summed E-state index contributed by atoms with van der Waals surface area (Å²) in [6.07, 6.45) is 5.94. The summed E-state index contributed by atoms with van der Waals surface area (Å²) >= 11 is 1.26. The van der Waals surface area contributed by atoms with Crippen molar-refractivity contribution in [2.24, 2.45) is 5.92 Å². The van der Waals surface area contributed by atoms with Crippen molar-refractivity contribution in [3.63, 3.8) is 0 Å². The highest BCUT2D eigenvalue weighted by molar-refractivity contribution is 8.14. The lowest BCUT2D eigenvalue weighted by Gasteiger charge is -2.38. The Morgan fingerprint density at radius 3 is 2.63 bits per heavy atom. The molecule has 7 nitrogen and oxygen atoms in total. The normalized spacial score (nSPS) is 20.3. The van der Waals surface area contributed by atoms with Crippen LogP contribution < -0.4 is 0 Å². The van der Waals surface area contributed by atoms with E-state index in [9.17, 15) is 18.8 Å². The fraction of sp³-hybridized carbons (Fsp3) is 0.440. The van der Waals surface area contributed by atoms with Gasteiger partial charge in [-0.05, 0) is 43.0 Å². The van der Waals surface area contributed by atoms with Crippen LogP contribution in [0.2, 0.25) is 0 Å². The number of ketones is 1. The minimum Gasteiger partial charge on any atom is -0.481 e. The molecule has 1 saturated heterocycles. The number of nitrogens with zero attached hydrogens (tertiary/aromatic N) is 3. The minimum absolute atomic E-state index is 0. The number of aromatic nitrogens is 2. The van der Waals surface area contributed by atoms with E-state index in [1.165, 1.54) is 24.8 Å². The predicted octanol–water partition coefficient (Wildman–Crippen LogP) is 4.38. The molecule has 1 aliphatic heterocycles. The van der Waals surface area contributed by atoms with Crippen molar-refractivity contribution in [1.29, 1.82) is 0 Å². The van der Waals surface area contributed by atoms with Crippen LogP contribution in [-0.4, -0.2) is 55.0 Å². The number of hydrogen-bond donors (Lipinski definition) is 1. The van der Waals surface area contributed by atoms with Gasteiger partial charge in [0.15, 0.2) is 10.9 Å². The van der Waals surface area contributed by atoms with Gasteiger partial charge in [0.25, 0.3) is 0 Å². The molecule has 0 spiro atoms. The molecule has 2 heterocycles.